The van der Waals surface area contributed by atoms with Crippen LogP contribution in [0.4, 0.5) is 5.82 Å². The summed E-state index contributed by atoms with van der Waals surface area (Å²) < 4.78 is 39.8. The van der Waals surface area contributed by atoms with Crippen LogP contribution >= 0.6 is 11.6 Å². The van der Waals surface area contributed by atoms with Crippen molar-refractivity contribution in [2.75, 3.05) is 11.8 Å². The maximum atomic E-state index is 13.0. The molecule has 182 valence electrons. The quantitative estimate of drug-likeness (QED) is 0.320. The summed E-state index contributed by atoms with van der Waals surface area (Å²) in [5.41, 5.74) is 3.58. The summed E-state index contributed by atoms with van der Waals surface area (Å²) in [5.74, 6) is 0.555. The number of sulfonamides is 1. The van der Waals surface area contributed by atoms with E-state index in [4.69, 9.17) is 16.3 Å². The zero-order chi connectivity index (χ0) is 25.4. The molecule has 1 N–H and O–H groups in total. The molecule has 0 spiro atoms. The minimum Gasteiger partial charge on any atom is -0.495 e. The number of halogens is 1. The molecule has 2 aromatic heterocycles. The van der Waals surface area contributed by atoms with Gasteiger partial charge in [0.2, 0.25) is 0 Å². The van der Waals surface area contributed by atoms with Crippen molar-refractivity contribution in [3.05, 3.63) is 100.0 Å². The number of anilines is 1. The van der Waals surface area contributed by atoms with Crippen LogP contribution in [0, 0.1) is 6.92 Å². The van der Waals surface area contributed by atoms with Crippen LogP contribution < -0.4 is 15.0 Å². The van der Waals surface area contributed by atoms with Crippen LogP contribution in [0.2, 0.25) is 5.02 Å². The van der Waals surface area contributed by atoms with Gasteiger partial charge in [0, 0.05) is 22.5 Å². The molecule has 0 saturated heterocycles. The van der Waals surface area contributed by atoms with E-state index < -0.39 is 10.0 Å². The lowest BCUT2D eigenvalue weighted by atomic mass is 10.0. The molecule has 0 atom stereocenters. The topological polar surface area (TPSA) is 103 Å². The number of aromatic nitrogens is 2. The highest BCUT2D eigenvalue weighted by Gasteiger charge is 2.18. The number of nitrogens with zero attached hydrogens (tertiary/aromatic N) is 2. The Bertz CT molecular complexity index is 1760. The van der Waals surface area contributed by atoms with Gasteiger partial charge in [-0.15, -0.1) is 0 Å². The number of pyridine rings is 1. The molecule has 3 aromatic carbocycles. The zero-order valence-electron chi connectivity index (χ0n) is 19.2. The van der Waals surface area contributed by atoms with Gasteiger partial charge >= 0.3 is 0 Å². The molecule has 0 amide bonds. The van der Waals surface area contributed by atoms with E-state index in [9.17, 15) is 13.2 Å². The molecule has 0 unspecified atom stereocenters. The molecule has 36 heavy (non-hydrogen) atoms. The van der Waals surface area contributed by atoms with Crippen LogP contribution in [0.1, 0.15) is 5.56 Å². The third-order valence-corrected chi connectivity index (χ3v) is 7.54. The number of nitrogens with one attached hydrogen (secondary N) is 1. The largest absolute Gasteiger partial charge is 0.495 e. The first-order valence-electron chi connectivity index (χ1n) is 10.8. The van der Waals surface area contributed by atoms with E-state index in [0.717, 1.165) is 16.7 Å². The lowest BCUT2D eigenvalue weighted by Crippen LogP contribution is -2.18. The highest BCUT2D eigenvalue weighted by atomic mass is 35.5. The van der Waals surface area contributed by atoms with Gasteiger partial charge < -0.3 is 9.26 Å². The second kappa shape index (κ2) is 9.18. The first kappa shape index (κ1) is 23.7. The molecule has 0 radical (unpaired) electrons. The van der Waals surface area contributed by atoms with Crippen LogP contribution in [-0.4, -0.2) is 25.3 Å². The van der Waals surface area contributed by atoms with E-state index in [0.29, 0.717) is 27.4 Å². The number of benzene rings is 3. The Kier molecular flexibility index (Phi) is 6.03. The molecule has 0 saturated carbocycles. The Balaban J connectivity index is 1.61. The molecule has 0 aliphatic carbocycles. The minimum atomic E-state index is -3.91. The maximum absolute atomic E-state index is 13.0. The molecule has 0 aliphatic heterocycles. The van der Waals surface area contributed by atoms with Gasteiger partial charge in [-0.2, -0.15) is 0 Å². The smallest absolute Gasteiger partial charge is 0.263 e. The predicted octanol–water partition coefficient (Wildman–Crippen LogP) is 5.42. The molecular weight excluding hydrogens is 502 g/mol. The second-order valence-electron chi connectivity index (χ2n) is 8.07. The van der Waals surface area contributed by atoms with E-state index in [1.807, 2.05) is 37.3 Å². The standard InChI is InChI=1S/C26H20ClN3O5S/c1-16-13-17(3-7-21(16)27)18-4-8-23(24(15-18)34-2)30-22-9-6-20(14-19(22)5-10-26(30)31)36(32,33)29-25-11-12-35-28-25/h3-15H,1-2H3,(H,28,29). The van der Waals surface area contributed by atoms with Gasteiger partial charge in [0.15, 0.2) is 5.82 Å². The number of methoxy groups -OCH3 is 1. The Morgan fingerprint density at radius 1 is 0.972 bits per heavy atom. The van der Waals surface area contributed by atoms with E-state index >= 15 is 0 Å². The van der Waals surface area contributed by atoms with Crippen molar-refractivity contribution in [1.82, 2.24) is 9.72 Å². The third kappa shape index (κ3) is 4.34. The molecule has 5 rings (SSSR count). The highest BCUT2D eigenvalue weighted by Crippen LogP contribution is 2.32. The van der Waals surface area contributed by atoms with Crippen molar-refractivity contribution >= 4 is 38.3 Å². The van der Waals surface area contributed by atoms with E-state index in [-0.39, 0.29) is 16.3 Å². The molecule has 0 bridgehead atoms. The Labute approximate surface area is 211 Å². The van der Waals surface area contributed by atoms with Crippen LogP contribution in [0.15, 0.2) is 93.3 Å². The lowest BCUT2D eigenvalue weighted by Gasteiger charge is -2.16. The normalized spacial score (nSPS) is 11.5. The molecule has 10 heteroatoms. The van der Waals surface area contributed by atoms with Gasteiger partial charge in [-0.1, -0.05) is 28.9 Å². The molecule has 0 fully saturated rings. The molecule has 8 nitrogen and oxygen atoms in total. The fourth-order valence-electron chi connectivity index (χ4n) is 3.97. The monoisotopic (exact) mass is 521 g/mol. The third-order valence-electron chi connectivity index (χ3n) is 5.76. The maximum Gasteiger partial charge on any atom is 0.263 e. The average molecular weight is 522 g/mol. The number of ether oxygens (including phenoxy) is 1. The molecule has 0 aliphatic rings. The highest BCUT2D eigenvalue weighted by molar-refractivity contribution is 7.92. The number of rotatable bonds is 6. The number of hydrogen-bond donors (Lipinski definition) is 1. The minimum absolute atomic E-state index is 0.0172. The van der Waals surface area contributed by atoms with Crippen LogP contribution in [0.3, 0.4) is 0 Å². The molecular formula is C26H20ClN3O5S. The summed E-state index contributed by atoms with van der Waals surface area (Å²) in [6, 6.07) is 20.2. The summed E-state index contributed by atoms with van der Waals surface area (Å²) in [6.07, 6.45) is 1.27. The average Bonchev–Trinajstić information content (AvgIpc) is 3.37. The molecule has 2 heterocycles. The van der Waals surface area contributed by atoms with Crippen molar-refractivity contribution in [1.29, 1.82) is 0 Å². The predicted molar refractivity (Wildman–Crippen MR) is 139 cm³/mol. The second-order valence-corrected chi connectivity index (χ2v) is 10.2. The van der Waals surface area contributed by atoms with E-state index in [1.54, 1.807) is 18.2 Å². The fraction of sp³-hybridized carbons (Fsp3) is 0.0769. The summed E-state index contributed by atoms with van der Waals surface area (Å²) >= 11 is 6.17. The summed E-state index contributed by atoms with van der Waals surface area (Å²) in [4.78, 5) is 13.0. The van der Waals surface area contributed by atoms with Crippen molar-refractivity contribution in [2.45, 2.75) is 11.8 Å². The van der Waals surface area contributed by atoms with Gasteiger partial charge in [0.25, 0.3) is 15.6 Å². The van der Waals surface area contributed by atoms with Gasteiger partial charge in [-0.25, -0.2) is 8.42 Å². The zero-order valence-corrected chi connectivity index (χ0v) is 20.8. The van der Waals surface area contributed by atoms with Gasteiger partial charge in [0.1, 0.15) is 12.0 Å². The van der Waals surface area contributed by atoms with Crippen LogP contribution in [0.5, 0.6) is 5.75 Å². The number of fused-ring (bicyclic) bond motifs is 1. The number of hydrogen-bond acceptors (Lipinski definition) is 6. The fourth-order valence-corrected chi connectivity index (χ4v) is 5.11. The number of aryl methyl sites for hydroxylation is 1. The first-order valence-corrected chi connectivity index (χ1v) is 12.7. The molecule has 5 aromatic rings. The van der Waals surface area contributed by atoms with Crippen molar-refractivity contribution in [2.24, 2.45) is 0 Å². The van der Waals surface area contributed by atoms with Gasteiger partial charge in [-0.3, -0.25) is 14.1 Å². The first-order chi connectivity index (χ1) is 17.3. The Morgan fingerprint density at radius 2 is 1.75 bits per heavy atom. The Hall–Kier alpha value is -4.08. The SMILES string of the molecule is COc1cc(-c2ccc(Cl)c(C)c2)ccc1-n1c(=O)ccc2cc(S(=O)(=O)Nc3ccon3)ccc21. The lowest BCUT2D eigenvalue weighted by molar-refractivity contribution is 0.413. The van der Waals surface area contributed by atoms with Gasteiger partial charge in [-0.05, 0) is 72.1 Å². The Morgan fingerprint density at radius 3 is 2.47 bits per heavy atom. The van der Waals surface area contributed by atoms with Crippen molar-refractivity contribution in [3.8, 4) is 22.6 Å². The van der Waals surface area contributed by atoms with Crippen molar-refractivity contribution < 1.29 is 17.7 Å². The van der Waals surface area contributed by atoms with E-state index in [1.165, 1.54) is 42.2 Å². The van der Waals surface area contributed by atoms with Crippen LogP contribution in [-0.2, 0) is 10.0 Å². The van der Waals surface area contributed by atoms with Crippen molar-refractivity contribution in [3.63, 3.8) is 0 Å². The summed E-state index contributed by atoms with van der Waals surface area (Å²) in [6.45, 7) is 1.93. The van der Waals surface area contributed by atoms with Gasteiger partial charge in [0.05, 0.1) is 23.2 Å². The summed E-state index contributed by atoms with van der Waals surface area (Å²) in [7, 11) is -2.38. The van der Waals surface area contributed by atoms with Crippen LogP contribution in [0.25, 0.3) is 27.7 Å². The summed E-state index contributed by atoms with van der Waals surface area (Å²) in [5, 5.41) is 4.82. The van der Waals surface area contributed by atoms with E-state index in [2.05, 4.69) is 14.4 Å².